The molecule has 3 aromatic rings. The maximum Gasteiger partial charge on any atom is 0.123 e. The molecule has 3 rings (SSSR count). The Morgan fingerprint density at radius 3 is 2.16 bits per heavy atom. The second kappa shape index (κ2) is 8.02. The summed E-state index contributed by atoms with van der Waals surface area (Å²) >= 11 is 0. The molecule has 3 aromatic carbocycles. The average Bonchev–Trinajstić information content (AvgIpc) is 2.64. The van der Waals surface area contributed by atoms with Gasteiger partial charge in [-0.1, -0.05) is 74.0 Å². The van der Waals surface area contributed by atoms with Crippen LogP contribution in [0.25, 0.3) is 11.1 Å². The molecule has 0 spiro atoms. The third-order valence-electron chi connectivity index (χ3n) is 4.87. The summed E-state index contributed by atoms with van der Waals surface area (Å²) in [7, 11) is 0. The van der Waals surface area contributed by atoms with Gasteiger partial charge in [0.15, 0.2) is 0 Å². The standard InChI is InChI=1S/C24H26O/c1-3-4-13-21-17-23(25)24(20-14-9-6-10-15-20)18(2)22(21)16-19-11-7-5-8-12-19/h5-12,14-15,17,25H,3-4,13,16H2,1-2H3. The summed E-state index contributed by atoms with van der Waals surface area (Å²) in [5.41, 5.74) is 7.19. The predicted octanol–water partition coefficient (Wildman–Crippen LogP) is 6.30. The van der Waals surface area contributed by atoms with Crippen molar-refractivity contribution in [3.8, 4) is 16.9 Å². The molecule has 0 unspecified atom stereocenters. The minimum Gasteiger partial charge on any atom is -0.507 e. The molecule has 0 aliphatic rings. The molecule has 0 aliphatic heterocycles. The molecule has 0 saturated heterocycles. The minimum atomic E-state index is 0.395. The van der Waals surface area contributed by atoms with E-state index in [1.165, 1.54) is 22.3 Å². The average molecular weight is 330 g/mol. The lowest BCUT2D eigenvalue weighted by molar-refractivity contribution is 0.475. The quantitative estimate of drug-likeness (QED) is 0.562. The van der Waals surface area contributed by atoms with E-state index in [0.29, 0.717) is 5.75 Å². The first kappa shape index (κ1) is 17.3. The van der Waals surface area contributed by atoms with Gasteiger partial charge in [-0.25, -0.2) is 0 Å². The van der Waals surface area contributed by atoms with Crippen molar-refractivity contribution in [2.75, 3.05) is 0 Å². The first-order valence-electron chi connectivity index (χ1n) is 9.14. The fourth-order valence-corrected chi connectivity index (χ4v) is 3.51. The Hall–Kier alpha value is -2.54. The summed E-state index contributed by atoms with van der Waals surface area (Å²) in [6.45, 7) is 4.36. The summed E-state index contributed by atoms with van der Waals surface area (Å²) in [5, 5.41) is 10.7. The van der Waals surface area contributed by atoms with Gasteiger partial charge in [0.25, 0.3) is 0 Å². The zero-order chi connectivity index (χ0) is 17.6. The van der Waals surface area contributed by atoms with Crippen LogP contribution in [0.15, 0.2) is 66.7 Å². The number of rotatable bonds is 6. The fraction of sp³-hybridized carbons (Fsp3) is 0.250. The fourth-order valence-electron chi connectivity index (χ4n) is 3.51. The molecule has 0 saturated carbocycles. The molecule has 128 valence electrons. The van der Waals surface area contributed by atoms with E-state index in [-0.39, 0.29) is 0 Å². The zero-order valence-corrected chi connectivity index (χ0v) is 15.1. The third-order valence-corrected chi connectivity index (χ3v) is 4.87. The lowest BCUT2D eigenvalue weighted by atomic mass is 9.87. The molecule has 0 fully saturated rings. The smallest absolute Gasteiger partial charge is 0.123 e. The topological polar surface area (TPSA) is 20.2 Å². The van der Waals surface area contributed by atoms with Crippen LogP contribution < -0.4 is 0 Å². The molecule has 1 heteroatoms. The van der Waals surface area contributed by atoms with E-state index in [1.54, 1.807) is 0 Å². The van der Waals surface area contributed by atoms with Gasteiger partial charge in [0, 0.05) is 5.56 Å². The monoisotopic (exact) mass is 330 g/mol. The number of aryl methyl sites for hydroxylation is 1. The molecule has 0 radical (unpaired) electrons. The number of unbranched alkanes of at least 4 members (excludes halogenated alkanes) is 1. The third kappa shape index (κ3) is 3.93. The first-order valence-corrected chi connectivity index (χ1v) is 9.14. The number of phenols is 1. The van der Waals surface area contributed by atoms with Crippen LogP contribution in [0.2, 0.25) is 0 Å². The van der Waals surface area contributed by atoms with Crippen LogP contribution in [0.4, 0.5) is 0 Å². The van der Waals surface area contributed by atoms with E-state index < -0.39 is 0 Å². The van der Waals surface area contributed by atoms with Gasteiger partial charge in [-0.15, -0.1) is 0 Å². The Balaban J connectivity index is 2.11. The van der Waals surface area contributed by atoms with Gasteiger partial charge < -0.3 is 5.11 Å². The molecule has 0 bridgehead atoms. The van der Waals surface area contributed by atoms with E-state index in [4.69, 9.17) is 0 Å². The van der Waals surface area contributed by atoms with E-state index in [1.807, 2.05) is 24.3 Å². The van der Waals surface area contributed by atoms with E-state index in [2.05, 4.69) is 56.3 Å². The molecule has 1 N–H and O–H groups in total. The highest BCUT2D eigenvalue weighted by Gasteiger charge is 2.16. The van der Waals surface area contributed by atoms with Crippen LogP contribution in [0.3, 0.4) is 0 Å². The van der Waals surface area contributed by atoms with Crippen LogP contribution in [0.1, 0.15) is 42.0 Å². The molecule has 25 heavy (non-hydrogen) atoms. The molecule has 0 atom stereocenters. The van der Waals surface area contributed by atoms with Crippen LogP contribution in [-0.2, 0) is 12.8 Å². The molecule has 0 amide bonds. The van der Waals surface area contributed by atoms with Crippen molar-refractivity contribution in [3.63, 3.8) is 0 Å². The summed E-state index contributed by atoms with van der Waals surface area (Å²) in [6.07, 6.45) is 4.23. The molecular formula is C24H26O. The summed E-state index contributed by atoms with van der Waals surface area (Å²) in [6, 6.07) is 22.8. The SMILES string of the molecule is CCCCc1cc(O)c(-c2ccccc2)c(C)c1Cc1ccccc1. The Morgan fingerprint density at radius 2 is 1.52 bits per heavy atom. The van der Waals surface area contributed by atoms with Gasteiger partial charge >= 0.3 is 0 Å². The maximum atomic E-state index is 10.7. The highest BCUT2D eigenvalue weighted by atomic mass is 16.3. The van der Waals surface area contributed by atoms with Crippen molar-refractivity contribution in [1.82, 2.24) is 0 Å². The summed E-state index contributed by atoms with van der Waals surface area (Å²) in [5.74, 6) is 0.395. The van der Waals surface area contributed by atoms with Crippen molar-refractivity contribution >= 4 is 0 Å². The van der Waals surface area contributed by atoms with Gasteiger partial charge in [0.2, 0.25) is 0 Å². The van der Waals surface area contributed by atoms with Crippen LogP contribution in [-0.4, -0.2) is 5.11 Å². The second-order valence-corrected chi connectivity index (χ2v) is 6.67. The van der Waals surface area contributed by atoms with Gasteiger partial charge in [0.1, 0.15) is 5.75 Å². The number of benzene rings is 3. The van der Waals surface area contributed by atoms with Gasteiger partial charge in [-0.2, -0.15) is 0 Å². The molecule has 1 nitrogen and oxygen atoms in total. The van der Waals surface area contributed by atoms with Crippen LogP contribution in [0, 0.1) is 6.92 Å². The normalized spacial score (nSPS) is 10.8. The van der Waals surface area contributed by atoms with E-state index in [0.717, 1.165) is 36.8 Å². The van der Waals surface area contributed by atoms with Crippen LogP contribution >= 0.6 is 0 Å². The first-order chi connectivity index (χ1) is 12.2. The molecular weight excluding hydrogens is 304 g/mol. The Labute approximate surface area is 151 Å². The number of aromatic hydroxyl groups is 1. The van der Waals surface area contributed by atoms with Crippen molar-refractivity contribution in [1.29, 1.82) is 0 Å². The molecule has 0 aromatic heterocycles. The van der Waals surface area contributed by atoms with Crippen molar-refractivity contribution in [2.45, 2.75) is 39.5 Å². The molecule has 0 aliphatic carbocycles. The highest BCUT2D eigenvalue weighted by molar-refractivity contribution is 5.76. The molecule has 0 heterocycles. The van der Waals surface area contributed by atoms with Crippen molar-refractivity contribution < 1.29 is 5.11 Å². The largest absolute Gasteiger partial charge is 0.507 e. The summed E-state index contributed by atoms with van der Waals surface area (Å²) < 4.78 is 0. The number of phenolic OH excluding ortho intramolecular Hbond substituents is 1. The Morgan fingerprint density at radius 1 is 0.880 bits per heavy atom. The maximum absolute atomic E-state index is 10.7. The number of hydrogen-bond donors (Lipinski definition) is 1. The summed E-state index contributed by atoms with van der Waals surface area (Å²) in [4.78, 5) is 0. The Kier molecular flexibility index (Phi) is 5.55. The zero-order valence-electron chi connectivity index (χ0n) is 15.1. The van der Waals surface area contributed by atoms with Gasteiger partial charge in [0.05, 0.1) is 0 Å². The number of hydrogen-bond acceptors (Lipinski definition) is 1. The lowest BCUT2D eigenvalue weighted by Gasteiger charge is -2.19. The van der Waals surface area contributed by atoms with E-state index in [9.17, 15) is 5.11 Å². The van der Waals surface area contributed by atoms with Crippen LogP contribution in [0.5, 0.6) is 5.75 Å². The minimum absolute atomic E-state index is 0.395. The van der Waals surface area contributed by atoms with Crippen molar-refractivity contribution in [3.05, 3.63) is 89.0 Å². The van der Waals surface area contributed by atoms with Gasteiger partial charge in [-0.05, 0) is 60.1 Å². The second-order valence-electron chi connectivity index (χ2n) is 6.67. The highest BCUT2D eigenvalue weighted by Crippen LogP contribution is 2.37. The Bertz CT molecular complexity index is 820. The van der Waals surface area contributed by atoms with Crippen molar-refractivity contribution in [2.24, 2.45) is 0 Å². The predicted molar refractivity (Wildman–Crippen MR) is 106 cm³/mol. The van der Waals surface area contributed by atoms with E-state index >= 15 is 0 Å². The lowest BCUT2D eigenvalue weighted by Crippen LogP contribution is -2.02. The van der Waals surface area contributed by atoms with Gasteiger partial charge in [-0.3, -0.25) is 0 Å².